The Hall–Kier alpha value is -3.01. The summed E-state index contributed by atoms with van der Waals surface area (Å²) in [5.41, 5.74) is 3.09. The van der Waals surface area contributed by atoms with Crippen LogP contribution in [0, 0.1) is 13.8 Å². The van der Waals surface area contributed by atoms with E-state index in [-0.39, 0.29) is 5.91 Å². The lowest BCUT2D eigenvalue weighted by Gasteiger charge is -2.05. The average molecular weight is 458 g/mol. The molecule has 3 N–H and O–H groups in total. The minimum Gasteiger partial charge on any atom is -0.308 e. The number of hydrogen-bond donors (Lipinski definition) is 3. The smallest absolute Gasteiger partial charge is 0.308 e. The third-order valence-corrected chi connectivity index (χ3v) is 6.35. The van der Waals surface area contributed by atoms with Crippen LogP contribution in [0.4, 0.5) is 20.7 Å². The van der Waals surface area contributed by atoms with Crippen molar-refractivity contribution in [3.05, 3.63) is 63.6 Å². The normalized spacial score (nSPS) is 10.8. The van der Waals surface area contributed by atoms with Crippen LogP contribution in [0.2, 0.25) is 5.02 Å². The number of anilines is 3. The number of benzene rings is 2. The fourth-order valence-corrected chi connectivity index (χ4v) is 4.63. The van der Waals surface area contributed by atoms with Crippen LogP contribution in [-0.2, 0) is 0 Å². The summed E-state index contributed by atoms with van der Waals surface area (Å²) in [6.07, 6.45) is 0. The molecule has 7 nitrogen and oxygen atoms in total. The Balaban J connectivity index is 1.43. The molecule has 0 saturated heterocycles. The summed E-state index contributed by atoms with van der Waals surface area (Å²) >= 11 is 8.35. The summed E-state index contributed by atoms with van der Waals surface area (Å²) in [7, 11) is 0. The number of nitrogens with one attached hydrogen (secondary N) is 3. The first kappa shape index (κ1) is 20.3. The summed E-state index contributed by atoms with van der Waals surface area (Å²) in [6, 6.07) is 12.2. The van der Waals surface area contributed by atoms with Crippen molar-refractivity contribution in [3.63, 3.8) is 0 Å². The van der Waals surface area contributed by atoms with Crippen LogP contribution in [0.3, 0.4) is 0 Å². The van der Waals surface area contributed by atoms with Gasteiger partial charge in [-0.1, -0.05) is 40.3 Å². The predicted molar refractivity (Wildman–Crippen MR) is 123 cm³/mol. The molecule has 152 valence electrons. The molecule has 3 amide bonds. The van der Waals surface area contributed by atoms with E-state index in [1.165, 1.54) is 11.3 Å². The zero-order chi connectivity index (χ0) is 21.3. The molecule has 0 radical (unpaired) electrons. The molecular weight excluding hydrogens is 442 g/mol. The maximum Gasteiger partial charge on any atom is 0.325 e. The van der Waals surface area contributed by atoms with E-state index >= 15 is 0 Å². The molecule has 0 atom stereocenters. The van der Waals surface area contributed by atoms with Gasteiger partial charge in [0.2, 0.25) is 0 Å². The van der Waals surface area contributed by atoms with E-state index < -0.39 is 6.03 Å². The van der Waals surface area contributed by atoms with Gasteiger partial charge >= 0.3 is 6.03 Å². The van der Waals surface area contributed by atoms with E-state index in [0.717, 1.165) is 27.1 Å². The number of hydrogen-bond acceptors (Lipinski definition) is 6. The molecule has 4 aromatic rings. The lowest BCUT2D eigenvalue weighted by Crippen LogP contribution is -2.19. The zero-order valence-corrected chi connectivity index (χ0v) is 18.3. The molecule has 0 bridgehead atoms. The van der Waals surface area contributed by atoms with Crippen LogP contribution in [0.5, 0.6) is 0 Å². The maximum absolute atomic E-state index is 12.7. The van der Waals surface area contributed by atoms with Gasteiger partial charge in [-0.05, 0) is 55.8 Å². The molecule has 4 rings (SSSR count). The van der Waals surface area contributed by atoms with Gasteiger partial charge in [-0.25, -0.2) is 14.8 Å². The third-order valence-electron chi connectivity index (χ3n) is 4.09. The molecule has 0 aliphatic heterocycles. The third kappa shape index (κ3) is 4.59. The van der Waals surface area contributed by atoms with Gasteiger partial charge < -0.3 is 5.32 Å². The van der Waals surface area contributed by atoms with Gasteiger partial charge in [0.25, 0.3) is 5.91 Å². The van der Waals surface area contributed by atoms with Gasteiger partial charge in [-0.3, -0.25) is 15.4 Å². The second kappa shape index (κ2) is 8.39. The summed E-state index contributed by atoms with van der Waals surface area (Å²) < 4.78 is 1.01. The van der Waals surface area contributed by atoms with Gasteiger partial charge in [0.15, 0.2) is 10.3 Å². The largest absolute Gasteiger partial charge is 0.325 e. The number of carbonyl (C=O) groups excluding carboxylic acids is 2. The molecule has 0 aliphatic rings. The quantitative estimate of drug-likeness (QED) is 0.354. The molecular formula is C20H16ClN5O2S2. The van der Waals surface area contributed by atoms with Crippen molar-refractivity contribution in [3.8, 4) is 0 Å². The van der Waals surface area contributed by atoms with E-state index in [9.17, 15) is 9.59 Å². The van der Waals surface area contributed by atoms with Gasteiger partial charge in [-0.2, -0.15) is 0 Å². The molecule has 0 unspecified atom stereocenters. The van der Waals surface area contributed by atoms with E-state index in [4.69, 9.17) is 11.6 Å². The molecule has 0 aliphatic carbocycles. The lowest BCUT2D eigenvalue weighted by atomic mass is 10.2. The molecule has 0 fully saturated rings. The molecule has 0 spiro atoms. The number of urea groups is 1. The van der Waals surface area contributed by atoms with Crippen LogP contribution < -0.4 is 16.0 Å². The number of nitrogens with zero attached hydrogens (tertiary/aromatic N) is 2. The van der Waals surface area contributed by atoms with Crippen molar-refractivity contribution in [2.24, 2.45) is 0 Å². The summed E-state index contributed by atoms with van der Waals surface area (Å²) in [5, 5.41) is 9.57. The molecule has 30 heavy (non-hydrogen) atoms. The van der Waals surface area contributed by atoms with Gasteiger partial charge in [-0.15, -0.1) is 0 Å². The van der Waals surface area contributed by atoms with Crippen molar-refractivity contribution in [2.75, 3.05) is 16.0 Å². The highest BCUT2D eigenvalue weighted by atomic mass is 35.5. The number of halogens is 1. The van der Waals surface area contributed by atoms with Crippen LogP contribution in [0.1, 0.15) is 20.9 Å². The zero-order valence-electron chi connectivity index (χ0n) is 15.9. The minimum atomic E-state index is -0.459. The molecule has 2 heterocycles. The predicted octanol–water partition coefficient (Wildman–Crippen LogP) is 5.92. The SMILES string of the molecule is Cc1ccc2nc(NC(=O)c3sc(NC(=O)Nc4ccc(Cl)cc4)nc3C)sc2c1. The summed E-state index contributed by atoms with van der Waals surface area (Å²) in [4.78, 5) is 34.0. The Bertz CT molecular complexity index is 1250. The van der Waals surface area contributed by atoms with Crippen LogP contribution >= 0.6 is 34.3 Å². The highest BCUT2D eigenvalue weighted by molar-refractivity contribution is 7.22. The molecule has 2 aromatic heterocycles. The van der Waals surface area contributed by atoms with Crippen LogP contribution in [0.25, 0.3) is 10.2 Å². The highest BCUT2D eigenvalue weighted by Crippen LogP contribution is 2.29. The first-order chi connectivity index (χ1) is 14.4. The van der Waals surface area contributed by atoms with Crippen molar-refractivity contribution >= 4 is 72.4 Å². The number of carbonyl (C=O) groups is 2. The summed E-state index contributed by atoms with van der Waals surface area (Å²) in [6.45, 7) is 3.73. The van der Waals surface area contributed by atoms with Gasteiger partial charge in [0, 0.05) is 10.7 Å². The Morgan fingerprint density at radius 3 is 2.40 bits per heavy atom. The van der Waals surface area contributed by atoms with Crippen LogP contribution in [0.15, 0.2) is 42.5 Å². The van der Waals surface area contributed by atoms with E-state index in [1.54, 1.807) is 31.2 Å². The van der Waals surface area contributed by atoms with Crippen molar-refractivity contribution in [2.45, 2.75) is 13.8 Å². The minimum absolute atomic E-state index is 0.313. The number of aryl methyl sites for hydroxylation is 2. The van der Waals surface area contributed by atoms with Gasteiger partial charge in [0.05, 0.1) is 15.9 Å². The Labute approximate surface area is 185 Å². The molecule has 10 heteroatoms. The van der Waals surface area contributed by atoms with Gasteiger partial charge in [0.1, 0.15) is 4.88 Å². The fourth-order valence-electron chi connectivity index (χ4n) is 2.69. The van der Waals surface area contributed by atoms with Crippen LogP contribution in [-0.4, -0.2) is 21.9 Å². The summed E-state index contributed by atoms with van der Waals surface area (Å²) in [5.74, 6) is -0.313. The standard InChI is InChI=1S/C20H16ClN5O2S2/c1-10-3-8-14-15(9-10)29-20(24-14)25-17(27)16-11(2)22-19(30-16)26-18(28)23-13-6-4-12(21)5-7-13/h3-9H,1-2H3,(H,24,25,27)(H2,22,23,26,28). The lowest BCUT2D eigenvalue weighted by molar-refractivity contribution is 0.103. The van der Waals surface area contributed by atoms with Crippen molar-refractivity contribution in [1.29, 1.82) is 0 Å². The topological polar surface area (TPSA) is 96.0 Å². The Kier molecular flexibility index (Phi) is 5.67. The van der Waals surface area contributed by atoms with Crippen molar-refractivity contribution < 1.29 is 9.59 Å². The van der Waals surface area contributed by atoms with E-state index in [2.05, 4.69) is 25.9 Å². The second-order valence-electron chi connectivity index (χ2n) is 6.46. The Morgan fingerprint density at radius 1 is 0.900 bits per heavy atom. The monoisotopic (exact) mass is 457 g/mol. The molecule has 0 saturated carbocycles. The maximum atomic E-state index is 12.7. The average Bonchev–Trinajstić information content (AvgIpc) is 3.25. The number of thiazole rings is 2. The number of amides is 3. The fraction of sp³-hybridized carbons (Fsp3) is 0.100. The highest BCUT2D eigenvalue weighted by Gasteiger charge is 2.18. The second-order valence-corrected chi connectivity index (χ2v) is 8.93. The van der Waals surface area contributed by atoms with Crippen molar-refractivity contribution in [1.82, 2.24) is 9.97 Å². The first-order valence-electron chi connectivity index (χ1n) is 8.87. The number of aromatic nitrogens is 2. The Morgan fingerprint density at radius 2 is 1.63 bits per heavy atom. The van der Waals surface area contributed by atoms with E-state index in [0.29, 0.717) is 31.5 Å². The molecule has 2 aromatic carbocycles. The number of rotatable bonds is 4. The first-order valence-corrected chi connectivity index (χ1v) is 10.9. The van der Waals surface area contributed by atoms with E-state index in [1.807, 2.05) is 25.1 Å². The number of fused-ring (bicyclic) bond motifs is 1.